The lowest BCUT2D eigenvalue weighted by Crippen LogP contribution is -2.21. The van der Waals surface area contributed by atoms with Crippen molar-refractivity contribution >= 4 is 33.1 Å². The van der Waals surface area contributed by atoms with Crippen molar-refractivity contribution in [2.75, 3.05) is 0 Å². The van der Waals surface area contributed by atoms with Crippen LogP contribution in [0.5, 0.6) is 5.75 Å². The van der Waals surface area contributed by atoms with Gasteiger partial charge in [-0.2, -0.15) is 0 Å². The zero-order valence-corrected chi connectivity index (χ0v) is 29.9. The number of hydrogen-bond donors (Lipinski definition) is 0. The molecule has 2 unspecified atom stereocenters. The summed E-state index contributed by atoms with van der Waals surface area (Å²) in [5.41, 5.74) is 9.41. The Hall–Kier alpha value is -6.07. The standard InChI is InChI=1S/C48H39N3O2/c1-30(48(2)28-11-4-12-29-48)31-22-24-32(25-23-31)34-26-27-38(43-36-17-8-10-20-40(36)53-44(34)43)47-50-45(33-14-5-3-6-15-33)49-46(51-47)37-18-13-21-41-42(37)35-16-7-9-19-39(35)52-41/h3-14,16-20,22-28,30,33,41H,15,21,29H2,1-2H3/t30-,33?,41?,48-/m1/s1. The van der Waals surface area contributed by atoms with Crippen molar-refractivity contribution in [3.05, 3.63) is 168 Å². The molecule has 0 amide bonds. The van der Waals surface area contributed by atoms with Crippen molar-refractivity contribution < 1.29 is 9.15 Å². The lowest BCUT2D eigenvalue weighted by Gasteiger charge is -2.34. The third-order valence-electron chi connectivity index (χ3n) is 11.7. The van der Waals surface area contributed by atoms with Crippen LogP contribution in [0.1, 0.15) is 67.7 Å². The molecule has 5 nitrogen and oxygen atoms in total. The first-order chi connectivity index (χ1) is 26.0. The van der Waals surface area contributed by atoms with Gasteiger partial charge in [0.2, 0.25) is 0 Å². The van der Waals surface area contributed by atoms with Gasteiger partial charge in [-0.25, -0.2) is 15.0 Å². The van der Waals surface area contributed by atoms with E-state index in [1.807, 2.05) is 24.3 Å². The highest BCUT2D eigenvalue weighted by molar-refractivity contribution is 6.15. The number of furan rings is 1. The van der Waals surface area contributed by atoms with E-state index in [-0.39, 0.29) is 17.4 Å². The van der Waals surface area contributed by atoms with Crippen LogP contribution in [0.4, 0.5) is 0 Å². The molecule has 6 aromatic rings. The van der Waals surface area contributed by atoms with Gasteiger partial charge in [-0.15, -0.1) is 0 Å². The average Bonchev–Trinajstić information content (AvgIpc) is 3.80. The molecule has 0 saturated heterocycles. The molecule has 2 aromatic heterocycles. The monoisotopic (exact) mass is 689 g/mol. The number of hydrogen-bond acceptors (Lipinski definition) is 5. The van der Waals surface area contributed by atoms with Crippen molar-refractivity contribution in [3.63, 3.8) is 0 Å². The Morgan fingerprint density at radius 2 is 1.55 bits per heavy atom. The first-order valence-electron chi connectivity index (χ1n) is 18.7. The number of benzene rings is 4. The highest BCUT2D eigenvalue weighted by atomic mass is 16.5. The van der Waals surface area contributed by atoms with E-state index in [0.717, 1.165) is 86.2 Å². The van der Waals surface area contributed by atoms with Gasteiger partial charge in [-0.05, 0) is 59.6 Å². The van der Waals surface area contributed by atoms with Gasteiger partial charge in [0, 0.05) is 50.9 Å². The van der Waals surface area contributed by atoms with Gasteiger partial charge in [0.25, 0.3) is 0 Å². The van der Waals surface area contributed by atoms with Crippen LogP contribution >= 0.6 is 0 Å². The smallest absolute Gasteiger partial charge is 0.164 e. The molecule has 4 aliphatic rings. The van der Waals surface area contributed by atoms with Crippen LogP contribution in [-0.2, 0) is 0 Å². The largest absolute Gasteiger partial charge is 0.485 e. The van der Waals surface area contributed by atoms with E-state index in [4.69, 9.17) is 24.1 Å². The Morgan fingerprint density at radius 1 is 0.736 bits per heavy atom. The summed E-state index contributed by atoms with van der Waals surface area (Å²) in [6.07, 6.45) is 24.4. The number of fused-ring (bicyclic) bond motifs is 6. The number of rotatable bonds is 6. The summed E-state index contributed by atoms with van der Waals surface area (Å²) in [4.78, 5) is 15.7. The molecule has 10 rings (SSSR count). The molecule has 1 aliphatic heterocycles. The van der Waals surface area contributed by atoms with Gasteiger partial charge in [0.05, 0.1) is 0 Å². The average molecular weight is 690 g/mol. The fourth-order valence-electron chi connectivity index (χ4n) is 8.47. The van der Waals surface area contributed by atoms with Crippen molar-refractivity contribution in [2.24, 2.45) is 5.41 Å². The fraction of sp³-hybridized carbons (Fsp3) is 0.188. The quantitative estimate of drug-likeness (QED) is 0.174. The molecule has 4 atom stereocenters. The lowest BCUT2D eigenvalue weighted by atomic mass is 9.70. The second-order valence-corrected chi connectivity index (χ2v) is 14.9. The van der Waals surface area contributed by atoms with Gasteiger partial charge >= 0.3 is 0 Å². The molecule has 0 fully saturated rings. The number of aromatic nitrogens is 3. The number of allylic oxidation sites excluding steroid dienone is 10. The molecule has 0 saturated carbocycles. The lowest BCUT2D eigenvalue weighted by molar-refractivity contribution is 0.279. The second kappa shape index (κ2) is 12.6. The maximum atomic E-state index is 6.73. The SMILES string of the molecule is C[C@H](c1ccc(-c2ccc(-c3nc(C4=C5c6ccccc6OC5CC=C4)nc(C4C=CC=CC4)n3)c3c2oc2ccccc23)cc1)[C@]1(C)C=CC=CC1. The van der Waals surface area contributed by atoms with Gasteiger partial charge in [-0.3, -0.25) is 0 Å². The van der Waals surface area contributed by atoms with Gasteiger partial charge in [-0.1, -0.05) is 135 Å². The fourth-order valence-corrected chi connectivity index (χ4v) is 8.47. The zero-order valence-electron chi connectivity index (χ0n) is 29.9. The topological polar surface area (TPSA) is 61.0 Å². The molecule has 0 bridgehead atoms. The number of ether oxygens (including phenoxy) is 1. The van der Waals surface area contributed by atoms with E-state index in [0.29, 0.717) is 17.6 Å². The zero-order chi connectivity index (χ0) is 35.5. The minimum atomic E-state index is -0.0643. The Labute approximate surface area is 309 Å². The van der Waals surface area contributed by atoms with Crippen LogP contribution < -0.4 is 4.74 Å². The molecular weight excluding hydrogens is 651 g/mol. The highest BCUT2D eigenvalue weighted by Crippen LogP contribution is 2.47. The van der Waals surface area contributed by atoms with E-state index >= 15 is 0 Å². The third kappa shape index (κ3) is 5.33. The minimum Gasteiger partial charge on any atom is -0.485 e. The normalized spacial score (nSPS) is 22.0. The maximum absolute atomic E-state index is 6.73. The molecule has 3 aliphatic carbocycles. The van der Waals surface area contributed by atoms with Crippen molar-refractivity contribution in [1.29, 1.82) is 0 Å². The minimum absolute atomic E-state index is 0.0423. The predicted molar refractivity (Wildman–Crippen MR) is 214 cm³/mol. The molecule has 53 heavy (non-hydrogen) atoms. The molecule has 5 heteroatoms. The van der Waals surface area contributed by atoms with E-state index < -0.39 is 0 Å². The van der Waals surface area contributed by atoms with Gasteiger partial charge in [0.1, 0.15) is 28.8 Å². The molecule has 3 heterocycles. The van der Waals surface area contributed by atoms with Gasteiger partial charge < -0.3 is 9.15 Å². The van der Waals surface area contributed by atoms with Crippen molar-refractivity contribution in [3.8, 4) is 28.3 Å². The van der Waals surface area contributed by atoms with Crippen LogP contribution in [0.15, 0.2) is 150 Å². The molecule has 4 aromatic carbocycles. The Bertz CT molecular complexity index is 2620. The highest BCUT2D eigenvalue weighted by Gasteiger charge is 2.34. The first kappa shape index (κ1) is 31.6. The summed E-state index contributed by atoms with van der Waals surface area (Å²) < 4.78 is 13.1. The number of nitrogens with zero attached hydrogens (tertiary/aromatic N) is 3. The molecule has 0 radical (unpaired) electrons. The van der Waals surface area contributed by atoms with Crippen molar-refractivity contribution in [2.45, 2.75) is 51.0 Å². The van der Waals surface area contributed by atoms with E-state index in [1.54, 1.807) is 0 Å². The van der Waals surface area contributed by atoms with E-state index in [1.165, 1.54) is 5.56 Å². The Kier molecular flexibility index (Phi) is 7.50. The molecule has 258 valence electrons. The predicted octanol–water partition coefficient (Wildman–Crippen LogP) is 12.0. The summed E-state index contributed by atoms with van der Waals surface area (Å²) >= 11 is 0. The second-order valence-electron chi connectivity index (χ2n) is 14.9. The molecular formula is C48H39N3O2. The van der Waals surface area contributed by atoms with Crippen molar-refractivity contribution in [1.82, 2.24) is 15.0 Å². The third-order valence-corrected chi connectivity index (χ3v) is 11.7. The summed E-state index contributed by atoms with van der Waals surface area (Å²) in [6, 6.07) is 29.9. The van der Waals surface area contributed by atoms with Crippen LogP contribution in [0.25, 0.3) is 55.6 Å². The van der Waals surface area contributed by atoms with Gasteiger partial charge in [0.15, 0.2) is 11.6 Å². The van der Waals surface area contributed by atoms with Crippen LogP contribution in [0.2, 0.25) is 0 Å². The summed E-state index contributed by atoms with van der Waals surface area (Å²) in [5, 5.41) is 2.05. The maximum Gasteiger partial charge on any atom is 0.164 e. The summed E-state index contributed by atoms with van der Waals surface area (Å²) in [6.45, 7) is 4.68. The summed E-state index contributed by atoms with van der Waals surface area (Å²) in [5.74, 6) is 3.39. The summed E-state index contributed by atoms with van der Waals surface area (Å²) in [7, 11) is 0. The van der Waals surface area contributed by atoms with Crippen LogP contribution in [-0.4, -0.2) is 21.1 Å². The Balaban J connectivity index is 1.14. The van der Waals surface area contributed by atoms with E-state index in [9.17, 15) is 0 Å². The number of para-hydroxylation sites is 2. The van der Waals surface area contributed by atoms with Crippen LogP contribution in [0, 0.1) is 5.41 Å². The van der Waals surface area contributed by atoms with E-state index in [2.05, 4.69) is 135 Å². The Morgan fingerprint density at radius 3 is 2.40 bits per heavy atom. The molecule has 0 spiro atoms. The first-order valence-corrected chi connectivity index (χ1v) is 18.7. The molecule has 0 N–H and O–H groups in total. The van der Waals surface area contributed by atoms with Crippen LogP contribution in [0.3, 0.4) is 0 Å².